The molecule has 1 atom stereocenters. The van der Waals surface area contributed by atoms with Crippen molar-refractivity contribution in [1.82, 2.24) is 4.90 Å². The summed E-state index contributed by atoms with van der Waals surface area (Å²) in [6.45, 7) is -0.315. The standard InChI is InChI=1S/C12H16ClN3O3/c13-9-3-1-8(2-4-9)5-10(14)6-16(12(18)19)7-11(15)17/h1-4,10H,5-7,14H2,(H2,15,17)(H,18,19)/t10-/m1/s1. The molecule has 0 aliphatic heterocycles. The van der Waals surface area contributed by atoms with Gasteiger partial charge in [0.15, 0.2) is 0 Å². The van der Waals surface area contributed by atoms with Crippen LogP contribution in [-0.2, 0) is 11.2 Å². The van der Waals surface area contributed by atoms with Crippen LogP contribution < -0.4 is 11.5 Å². The van der Waals surface area contributed by atoms with Crippen LogP contribution in [0.4, 0.5) is 4.79 Å². The van der Waals surface area contributed by atoms with Gasteiger partial charge in [-0.15, -0.1) is 0 Å². The van der Waals surface area contributed by atoms with Crippen molar-refractivity contribution in [3.05, 3.63) is 34.9 Å². The number of rotatable bonds is 6. The molecule has 5 N–H and O–H groups in total. The van der Waals surface area contributed by atoms with Gasteiger partial charge in [-0.25, -0.2) is 4.79 Å². The molecule has 19 heavy (non-hydrogen) atoms. The van der Waals surface area contributed by atoms with Gasteiger partial charge >= 0.3 is 6.09 Å². The van der Waals surface area contributed by atoms with Crippen LogP contribution in [-0.4, -0.2) is 41.1 Å². The van der Waals surface area contributed by atoms with Crippen LogP contribution in [0.15, 0.2) is 24.3 Å². The van der Waals surface area contributed by atoms with E-state index in [1.54, 1.807) is 12.1 Å². The van der Waals surface area contributed by atoms with Crippen molar-refractivity contribution in [2.75, 3.05) is 13.1 Å². The van der Waals surface area contributed by atoms with E-state index in [0.717, 1.165) is 10.5 Å². The van der Waals surface area contributed by atoms with Crippen molar-refractivity contribution in [3.63, 3.8) is 0 Å². The number of nitrogens with two attached hydrogens (primary N) is 2. The minimum absolute atomic E-state index is 0.0426. The van der Waals surface area contributed by atoms with E-state index >= 15 is 0 Å². The van der Waals surface area contributed by atoms with Crippen molar-refractivity contribution in [3.8, 4) is 0 Å². The van der Waals surface area contributed by atoms with Crippen LogP contribution >= 0.6 is 11.6 Å². The molecular formula is C12H16ClN3O3. The van der Waals surface area contributed by atoms with Crippen LogP contribution in [0, 0.1) is 0 Å². The molecule has 0 fully saturated rings. The quantitative estimate of drug-likeness (QED) is 0.713. The van der Waals surface area contributed by atoms with Crippen molar-refractivity contribution in [1.29, 1.82) is 0 Å². The van der Waals surface area contributed by atoms with E-state index in [1.165, 1.54) is 0 Å². The highest BCUT2D eigenvalue weighted by Gasteiger charge is 2.17. The van der Waals surface area contributed by atoms with Crippen molar-refractivity contribution in [2.45, 2.75) is 12.5 Å². The van der Waals surface area contributed by atoms with Gasteiger partial charge in [-0.1, -0.05) is 23.7 Å². The second kappa shape index (κ2) is 6.96. The Balaban J connectivity index is 2.57. The smallest absolute Gasteiger partial charge is 0.407 e. The summed E-state index contributed by atoms with van der Waals surface area (Å²) in [4.78, 5) is 22.6. The molecule has 0 radical (unpaired) electrons. The Bertz CT molecular complexity index is 450. The third-order valence-electron chi connectivity index (χ3n) is 2.48. The molecule has 104 valence electrons. The van der Waals surface area contributed by atoms with E-state index < -0.39 is 18.0 Å². The molecule has 1 aromatic carbocycles. The highest BCUT2D eigenvalue weighted by Crippen LogP contribution is 2.11. The number of benzene rings is 1. The van der Waals surface area contributed by atoms with Gasteiger partial charge in [0, 0.05) is 17.6 Å². The summed E-state index contributed by atoms with van der Waals surface area (Å²) >= 11 is 5.76. The van der Waals surface area contributed by atoms with E-state index in [-0.39, 0.29) is 13.1 Å². The summed E-state index contributed by atoms with van der Waals surface area (Å²) in [5.41, 5.74) is 11.8. The molecule has 0 saturated heterocycles. The first-order chi connectivity index (χ1) is 8.88. The normalized spacial score (nSPS) is 11.9. The average Bonchev–Trinajstić information content (AvgIpc) is 2.30. The molecule has 0 saturated carbocycles. The molecule has 0 aliphatic carbocycles. The van der Waals surface area contributed by atoms with Crippen LogP contribution in [0.5, 0.6) is 0 Å². The second-order valence-electron chi connectivity index (χ2n) is 4.22. The predicted octanol–water partition coefficient (Wildman–Crippen LogP) is 0.675. The Kier molecular flexibility index (Phi) is 5.59. The molecule has 6 nitrogen and oxygen atoms in total. The number of primary amides is 1. The number of hydrogen-bond acceptors (Lipinski definition) is 3. The van der Waals surface area contributed by atoms with Gasteiger partial charge in [-0.2, -0.15) is 0 Å². The fourth-order valence-corrected chi connectivity index (χ4v) is 1.80. The lowest BCUT2D eigenvalue weighted by Crippen LogP contribution is -2.45. The first-order valence-electron chi connectivity index (χ1n) is 5.64. The lowest BCUT2D eigenvalue weighted by Gasteiger charge is -2.21. The summed E-state index contributed by atoms with van der Waals surface area (Å²) in [6.07, 6.45) is -0.731. The number of halogens is 1. The molecule has 0 unspecified atom stereocenters. The van der Waals surface area contributed by atoms with Crippen molar-refractivity contribution < 1.29 is 14.7 Å². The third-order valence-corrected chi connectivity index (χ3v) is 2.74. The highest BCUT2D eigenvalue weighted by molar-refractivity contribution is 6.30. The van der Waals surface area contributed by atoms with Crippen molar-refractivity contribution >= 4 is 23.6 Å². The second-order valence-corrected chi connectivity index (χ2v) is 4.66. The fourth-order valence-electron chi connectivity index (χ4n) is 1.67. The molecule has 0 spiro atoms. The maximum Gasteiger partial charge on any atom is 0.407 e. The van der Waals surface area contributed by atoms with E-state index in [2.05, 4.69) is 0 Å². The molecule has 2 amide bonds. The predicted molar refractivity (Wildman–Crippen MR) is 71.9 cm³/mol. The molecule has 0 aliphatic rings. The maximum atomic E-state index is 10.9. The molecule has 1 rings (SSSR count). The summed E-state index contributed by atoms with van der Waals surface area (Å²) in [7, 11) is 0. The van der Waals surface area contributed by atoms with Crippen LogP contribution in [0.25, 0.3) is 0 Å². The fraction of sp³-hybridized carbons (Fsp3) is 0.333. The lowest BCUT2D eigenvalue weighted by molar-refractivity contribution is -0.118. The zero-order valence-corrected chi connectivity index (χ0v) is 11.0. The Morgan fingerprint density at radius 1 is 1.32 bits per heavy atom. The lowest BCUT2D eigenvalue weighted by atomic mass is 10.1. The van der Waals surface area contributed by atoms with Crippen LogP contribution in [0.2, 0.25) is 5.02 Å². The third kappa shape index (κ3) is 5.58. The van der Waals surface area contributed by atoms with Crippen LogP contribution in [0.1, 0.15) is 5.56 Å². The Morgan fingerprint density at radius 3 is 2.37 bits per heavy atom. The van der Waals surface area contributed by atoms with Crippen molar-refractivity contribution in [2.24, 2.45) is 11.5 Å². The summed E-state index contributed by atoms with van der Waals surface area (Å²) in [6, 6.07) is 6.70. The number of hydrogen-bond donors (Lipinski definition) is 3. The number of carbonyl (C=O) groups excluding carboxylic acids is 1. The van der Waals surface area contributed by atoms with E-state index in [4.69, 9.17) is 28.2 Å². The Morgan fingerprint density at radius 2 is 1.89 bits per heavy atom. The molecule has 0 aromatic heterocycles. The SMILES string of the molecule is NC(=O)CN(C[C@H](N)Cc1ccc(Cl)cc1)C(=O)O. The highest BCUT2D eigenvalue weighted by atomic mass is 35.5. The summed E-state index contributed by atoms with van der Waals surface area (Å²) in [5, 5.41) is 9.54. The first-order valence-corrected chi connectivity index (χ1v) is 6.02. The zero-order valence-electron chi connectivity index (χ0n) is 10.3. The molecule has 0 heterocycles. The molecule has 7 heteroatoms. The van der Waals surface area contributed by atoms with Gasteiger partial charge in [0.05, 0.1) is 0 Å². The monoisotopic (exact) mass is 285 g/mol. The van der Waals surface area contributed by atoms with E-state index in [0.29, 0.717) is 11.4 Å². The number of carboxylic acid groups (broad SMARTS) is 1. The number of carbonyl (C=O) groups is 2. The largest absolute Gasteiger partial charge is 0.465 e. The maximum absolute atomic E-state index is 10.9. The Hall–Kier alpha value is -1.79. The van der Waals surface area contributed by atoms with Gasteiger partial charge in [-0.05, 0) is 24.1 Å². The zero-order chi connectivity index (χ0) is 14.4. The van der Waals surface area contributed by atoms with E-state index in [1.807, 2.05) is 12.1 Å². The number of nitrogens with zero attached hydrogens (tertiary/aromatic N) is 1. The van der Waals surface area contributed by atoms with Gasteiger partial charge in [0.25, 0.3) is 0 Å². The minimum atomic E-state index is -1.22. The number of amides is 2. The van der Waals surface area contributed by atoms with Gasteiger partial charge < -0.3 is 16.6 Å². The van der Waals surface area contributed by atoms with Gasteiger partial charge in [0.2, 0.25) is 5.91 Å². The molecule has 0 bridgehead atoms. The summed E-state index contributed by atoms with van der Waals surface area (Å²) in [5.74, 6) is -0.707. The molecular weight excluding hydrogens is 270 g/mol. The average molecular weight is 286 g/mol. The topological polar surface area (TPSA) is 110 Å². The van der Waals surface area contributed by atoms with Gasteiger partial charge in [0.1, 0.15) is 6.54 Å². The van der Waals surface area contributed by atoms with E-state index in [9.17, 15) is 9.59 Å². The van der Waals surface area contributed by atoms with Crippen LogP contribution in [0.3, 0.4) is 0 Å². The van der Waals surface area contributed by atoms with Gasteiger partial charge in [-0.3, -0.25) is 9.69 Å². The Labute approximate surface area is 115 Å². The first kappa shape index (κ1) is 15.3. The minimum Gasteiger partial charge on any atom is -0.465 e. The summed E-state index contributed by atoms with van der Waals surface area (Å²) < 4.78 is 0. The molecule has 1 aromatic rings.